The summed E-state index contributed by atoms with van der Waals surface area (Å²) in [4.78, 5) is 0. The van der Waals surface area contributed by atoms with Gasteiger partial charge in [0.15, 0.2) is 0 Å². The van der Waals surface area contributed by atoms with Crippen molar-refractivity contribution in [3.8, 4) is 0 Å². The number of methoxy groups -OCH3 is 1. The lowest BCUT2D eigenvalue weighted by Gasteiger charge is -2.35. The SMILES string of the molecule is COCCNCC1(c2cc(F)cc(F)c2)CCCC1C. The van der Waals surface area contributed by atoms with Crippen molar-refractivity contribution in [2.45, 2.75) is 31.6 Å². The van der Waals surface area contributed by atoms with E-state index < -0.39 is 11.6 Å². The third-order valence-corrected chi connectivity index (χ3v) is 4.56. The molecule has 20 heavy (non-hydrogen) atoms. The molecule has 1 aliphatic carbocycles. The lowest BCUT2D eigenvalue weighted by atomic mass is 9.72. The summed E-state index contributed by atoms with van der Waals surface area (Å²) in [7, 11) is 1.66. The third kappa shape index (κ3) is 3.18. The van der Waals surface area contributed by atoms with Crippen LogP contribution in [0.25, 0.3) is 0 Å². The molecule has 0 bridgehead atoms. The molecular weight excluding hydrogens is 260 g/mol. The maximum Gasteiger partial charge on any atom is 0.126 e. The number of ether oxygens (including phenoxy) is 1. The summed E-state index contributed by atoms with van der Waals surface area (Å²) in [6.07, 6.45) is 3.17. The zero-order valence-electron chi connectivity index (χ0n) is 12.2. The highest BCUT2D eigenvalue weighted by Gasteiger charge is 2.41. The molecule has 2 unspecified atom stereocenters. The molecule has 1 aromatic carbocycles. The molecule has 2 atom stereocenters. The van der Waals surface area contributed by atoms with Gasteiger partial charge >= 0.3 is 0 Å². The van der Waals surface area contributed by atoms with Crippen molar-refractivity contribution in [3.05, 3.63) is 35.4 Å². The molecular formula is C16H23F2NO. The summed E-state index contributed by atoms with van der Waals surface area (Å²) in [6, 6.07) is 3.92. The average Bonchev–Trinajstić information content (AvgIpc) is 2.76. The Morgan fingerprint density at radius 2 is 2.00 bits per heavy atom. The summed E-state index contributed by atoms with van der Waals surface area (Å²) in [6.45, 7) is 4.30. The van der Waals surface area contributed by atoms with Crippen molar-refractivity contribution < 1.29 is 13.5 Å². The highest BCUT2D eigenvalue weighted by molar-refractivity contribution is 5.30. The molecule has 1 aromatic rings. The van der Waals surface area contributed by atoms with Crippen LogP contribution >= 0.6 is 0 Å². The van der Waals surface area contributed by atoms with Gasteiger partial charge in [-0.25, -0.2) is 8.78 Å². The van der Waals surface area contributed by atoms with Crippen LogP contribution in [0.15, 0.2) is 18.2 Å². The standard InChI is InChI=1S/C16H23F2NO/c1-12-4-3-5-16(12,11-19-6-7-20-2)13-8-14(17)10-15(18)9-13/h8-10,12,19H,3-7,11H2,1-2H3. The van der Waals surface area contributed by atoms with Gasteiger partial charge in [-0.15, -0.1) is 0 Å². The first kappa shape index (κ1) is 15.4. The first-order valence-corrected chi connectivity index (χ1v) is 7.25. The van der Waals surface area contributed by atoms with E-state index in [-0.39, 0.29) is 5.41 Å². The first-order chi connectivity index (χ1) is 9.58. The van der Waals surface area contributed by atoms with E-state index in [9.17, 15) is 8.78 Å². The van der Waals surface area contributed by atoms with E-state index in [0.717, 1.165) is 44.0 Å². The van der Waals surface area contributed by atoms with E-state index in [1.165, 1.54) is 12.1 Å². The Labute approximate surface area is 119 Å². The molecule has 0 heterocycles. The molecule has 112 valence electrons. The Balaban J connectivity index is 2.22. The van der Waals surface area contributed by atoms with Crippen LogP contribution in [0.5, 0.6) is 0 Å². The lowest BCUT2D eigenvalue weighted by Crippen LogP contribution is -2.41. The fraction of sp³-hybridized carbons (Fsp3) is 0.625. The summed E-state index contributed by atoms with van der Waals surface area (Å²) in [5, 5.41) is 3.37. The maximum absolute atomic E-state index is 13.5. The number of nitrogens with one attached hydrogen (secondary N) is 1. The van der Waals surface area contributed by atoms with Crippen molar-refractivity contribution >= 4 is 0 Å². The Kier molecular flexibility index (Phi) is 5.11. The van der Waals surface area contributed by atoms with E-state index in [2.05, 4.69) is 12.2 Å². The van der Waals surface area contributed by atoms with E-state index in [4.69, 9.17) is 4.74 Å². The van der Waals surface area contributed by atoms with Gasteiger partial charge in [-0.05, 0) is 36.5 Å². The van der Waals surface area contributed by atoms with Crippen molar-refractivity contribution in [2.75, 3.05) is 26.8 Å². The fourth-order valence-corrected chi connectivity index (χ4v) is 3.37. The molecule has 4 heteroatoms. The average molecular weight is 283 g/mol. The molecule has 1 N–H and O–H groups in total. The molecule has 1 saturated carbocycles. The van der Waals surface area contributed by atoms with Crippen LogP contribution < -0.4 is 5.32 Å². The topological polar surface area (TPSA) is 21.3 Å². The van der Waals surface area contributed by atoms with Crippen molar-refractivity contribution in [1.29, 1.82) is 0 Å². The second kappa shape index (κ2) is 6.64. The number of rotatable bonds is 6. The quantitative estimate of drug-likeness (QED) is 0.809. The third-order valence-electron chi connectivity index (χ3n) is 4.56. The molecule has 0 spiro atoms. The summed E-state index contributed by atoms with van der Waals surface area (Å²) in [5.41, 5.74) is 0.612. The number of halogens is 2. The van der Waals surface area contributed by atoms with Crippen LogP contribution in [0.4, 0.5) is 8.78 Å². The zero-order valence-corrected chi connectivity index (χ0v) is 12.2. The van der Waals surface area contributed by atoms with Gasteiger partial charge < -0.3 is 10.1 Å². The van der Waals surface area contributed by atoms with Crippen LogP contribution in [0.3, 0.4) is 0 Å². The van der Waals surface area contributed by atoms with Crippen molar-refractivity contribution in [2.24, 2.45) is 5.92 Å². The molecule has 0 radical (unpaired) electrons. The number of hydrogen-bond donors (Lipinski definition) is 1. The van der Waals surface area contributed by atoms with Gasteiger partial charge in [0.05, 0.1) is 6.61 Å². The van der Waals surface area contributed by atoms with Gasteiger partial charge in [-0.3, -0.25) is 0 Å². The Morgan fingerprint density at radius 3 is 2.55 bits per heavy atom. The predicted molar refractivity (Wildman–Crippen MR) is 75.8 cm³/mol. The van der Waals surface area contributed by atoms with E-state index in [1.807, 2.05) is 0 Å². The minimum absolute atomic E-state index is 0.170. The van der Waals surface area contributed by atoms with Crippen LogP contribution in [-0.2, 0) is 10.2 Å². The van der Waals surface area contributed by atoms with E-state index in [0.29, 0.717) is 12.5 Å². The molecule has 0 aliphatic heterocycles. The fourth-order valence-electron chi connectivity index (χ4n) is 3.37. The second-order valence-corrected chi connectivity index (χ2v) is 5.78. The molecule has 2 rings (SSSR count). The minimum Gasteiger partial charge on any atom is -0.383 e. The largest absolute Gasteiger partial charge is 0.383 e. The second-order valence-electron chi connectivity index (χ2n) is 5.78. The molecule has 1 fully saturated rings. The van der Waals surface area contributed by atoms with E-state index in [1.54, 1.807) is 7.11 Å². The molecule has 0 saturated heterocycles. The highest BCUT2D eigenvalue weighted by atomic mass is 19.1. The van der Waals surface area contributed by atoms with Gasteiger partial charge in [0.2, 0.25) is 0 Å². The van der Waals surface area contributed by atoms with Crippen LogP contribution in [0.2, 0.25) is 0 Å². The minimum atomic E-state index is -0.490. The smallest absolute Gasteiger partial charge is 0.126 e. The normalized spacial score (nSPS) is 26.1. The van der Waals surface area contributed by atoms with Gasteiger partial charge in [0.1, 0.15) is 11.6 Å². The zero-order chi connectivity index (χ0) is 14.6. The van der Waals surface area contributed by atoms with Crippen LogP contribution in [-0.4, -0.2) is 26.8 Å². The van der Waals surface area contributed by atoms with Crippen molar-refractivity contribution in [3.63, 3.8) is 0 Å². The molecule has 2 nitrogen and oxygen atoms in total. The lowest BCUT2D eigenvalue weighted by molar-refractivity contribution is 0.194. The molecule has 1 aliphatic rings. The van der Waals surface area contributed by atoms with Gasteiger partial charge in [0.25, 0.3) is 0 Å². The van der Waals surface area contributed by atoms with Crippen LogP contribution in [0.1, 0.15) is 31.7 Å². The number of benzene rings is 1. The maximum atomic E-state index is 13.5. The van der Waals surface area contributed by atoms with Gasteiger partial charge in [-0.2, -0.15) is 0 Å². The number of hydrogen-bond acceptors (Lipinski definition) is 2. The van der Waals surface area contributed by atoms with Crippen molar-refractivity contribution in [1.82, 2.24) is 5.32 Å². The first-order valence-electron chi connectivity index (χ1n) is 7.25. The van der Waals surface area contributed by atoms with Crippen LogP contribution in [0, 0.1) is 17.6 Å². The van der Waals surface area contributed by atoms with Gasteiger partial charge in [0, 0.05) is 31.7 Å². The summed E-state index contributed by atoms with van der Waals surface area (Å²) >= 11 is 0. The monoisotopic (exact) mass is 283 g/mol. The summed E-state index contributed by atoms with van der Waals surface area (Å²) < 4.78 is 32.1. The van der Waals surface area contributed by atoms with E-state index >= 15 is 0 Å². The summed E-state index contributed by atoms with van der Waals surface area (Å²) in [5.74, 6) is -0.565. The molecule has 0 amide bonds. The Morgan fingerprint density at radius 1 is 1.30 bits per heavy atom. The Bertz CT molecular complexity index is 432. The van der Waals surface area contributed by atoms with Gasteiger partial charge in [-0.1, -0.05) is 13.3 Å². The Hall–Kier alpha value is -1.00. The predicted octanol–water partition coefficient (Wildman–Crippen LogP) is 3.26. The highest BCUT2D eigenvalue weighted by Crippen LogP contribution is 2.45. The molecule has 0 aromatic heterocycles.